The molecule has 0 saturated heterocycles. The van der Waals surface area contributed by atoms with Crippen LogP contribution in [-0.4, -0.2) is 37.7 Å². The third-order valence-electron chi connectivity index (χ3n) is 4.73. The van der Waals surface area contributed by atoms with Gasteiger partial charge in [-0.05, 0) is 51.7 Å². The standard InChI is InChI=1S/C23H32N4O2/c1-6-16(3)22(18-9-7-8-15(2)12-18)27-21(29-5)14-26-23(28)20(17(4)24)13-25-19-10-11-19/h7-9,12-13,19H,6,10-11,14,24H2,1-5H3,(H,26,28)/b20-17+,22-16?,25-13?,27-21?. The molecular formula is C23H32N4O2. The number of carbonyl (C=O) groups excluding carboxylic acids is 1. The second kappa shape index (κ2) is 10.6. The van der Waals surface area contributed by atoms with E-state index in [0.29, 0.717) is 23.2 Å². The molecule has 2 rings (SSSR count). The van der Waals surface area contributed by atoms with Gasteiger partial charge in [-0.2, -0.15) is 0 Å². The van der Waals surface area contributed by atoms with Crippen molar-refractivity contribution in [3.63, 3.8) is 0 Å². The number of amides is 1. The smallest absolute Gasteiger partial charge is 0.255 e. The minimum Gasteiger partial charge on any atom is -0.483 e. The number of nitrogens with zero attached hydrogens (tertiary/aromatic N) is 2. The van der Waals surface area contributed by atoms with Gasteiger partial charge in [0.25, 0.3) is 5.91 Å². The van der Waals surface area contributed by atoms with Crippen LogP contribution >= 0.6 is 0 Å². The molecule has 0 aromatic heterocycles. The summed E-state index contributed by atoms with van der Waals surface area (Å²) in [5.74, 6) is 0.142. The number of benzene rings is 1. The molecule has 0 atom stereocenters. The van der Waals surface area contributed by atoms with Crippen LogP contribution in [-0.2, 0) is 9.53 Å². The molecule has 0 aliphatic heterocycles. The van der Waals surface area contributed by atoms with Crippen molar-refractivity contribution in [3.8, 4) is 0 Å². The number of rotatable bonds is 8. The van der Waals surface area contributed by atoms with E-state index >= 15 is 0 Å². The molecule has 0 spiro atoms. The minimum atomic E-state index is -0.285. The van der Waals surface area contributed by atoms with E-state index in [0.717, 1.165) is 41.7 Å². The van der Waals surface area contributed by atoms with Gasteiger partial charge < -0.3 is 15.8 Å². The highest BCUT2D eigenvalue weighted by Crippen LogP contribution is 2.24. The van der Waals surface area contributed by atoms with Crippen LogP contribution in [0.15, 0.2) is 51.1 Å². The van der Waals surface area contributed by atoms with Gasteiger partial charge in [-0.15, -0.1) is 0 Å². The molecule has 6 heteroatoms. The first-order valence-corrected chi connectivity index (χ1v) is 10.0. The van der Waals surface area contributed by atoms with Gasteiger partial charge in [-0.25, -0.2) is 4.99 Å². The van der Waals surface area contributed by atoms with E-state index in [9.17, 15) is 4.79 Å². The Bertz CT molecular complexity index is 857. The molecule has 0 heterocycles. The lowest BCUT2D eigenvalue weighted by atomic mass is 10.0. The Labute approximate surface area is 173 Å². The maximum atomic E-state index is 12.6. The number of methoxy groups -OCH3 is 1. The summed E-state index contributed by atoms with van der Waals surface area (Å²) < 4.78 is 5.45. The second-order valence-electron chi connectivity index (χ2n) is 7.35. The van der Waals surface area contributed by atoms with Gasteiger partial charge in [0.15, 0.2) is 0 Å². The van der Waals surface area contributed by atoms with Crippen LogP contribution in [0.5, 0.6) is 0 Å². The summed E-state index contributed by atoms with van der Waals surface area (Å²) in [6.07, 6.45) is 4.58. The minimum absolute atomic E-state index is 0.162. The van der Waals surface area contributed by atoms with E-state index in [-0.39, 0.29) is 12.5 Å². The van der Waals surface area contributed by atoms with E-state index in [2.05, 4.69) is 43.2 Å². The number of ether oxygens (including phenoxy) is 1. The summed E-state index contributed by atoms with van der Waals surface area (Å²) in [5.41, 5.74) is 10.9. The third-order valence-corrected chi connectivity index (χ3v) is 4.73. The lowest BCUT2D eigenvalue weighted by molar-refractivity contribution is -0.116. The van der Waals surface area contributed by atoms with Gasteiger partial charge in [0, 0.05) is 17.5 Å². The zero-order chi connectivity index (χ0) is 21.4. The van der Waals surface area contributed by atoms with Gasteiger partial charge >= 0.3 is 0 Å². The predicted molar refractivity (Wildman–Crippen MR) is 120 cm³/mol. The van der Waals surface area contributed by atoms with Crippen LogP contribution in [0.1, 0.15) is 51.2 Å². The Morgan fingerprint density at radius 3 is 2.62 bits per heavy atom. The van der Waals surface area contributed by atoms with Gasteiger partial charge in [0.2, 0.25) is 5.90 Å². The van der Waals surface area contributed by atoms with Crippen LogP contribution < -0.4 is 11.1 Å². The Morgan fingerprint density at radius 2 is 2.07 bits per heavy atom. The summed E-state index contributed by atoms with van der Waals surface area (Å²) >= 11 is 0. The molecule has 1 fully saturated rings. The van der Waals surface area contributed by atoms with Gasteiger partial charge in [-0.3, -0.25) is 9.79 Å². The highest BCUT2D eigenvalue weighted by Gasteiger charge is 2.20. The van der Waals surface area contributed by atoms with E-state index in [4.69, 9.17) is 15.5 Å². The van der Waals surface area contributed by atoms with Crippen molar-refractivity contribution in [1.29, 1.82) is 0 Å². The topological polar surface area (TPSA) is 89.1 Å². The number of carbonyl (C=O) groups is 1. The van der Waals surface area contributed by atoms with Crippen molar-refractivity contribution in [2.24, 2.45) is 15.7 Å². The molecule has 29 heavy (non-hydrogen) atoms. The van der Waals surface area contributed by atoms with Crippen molar-refractivity contribution in [2.45, 2.75) is 53.0 Å². The first kappa shape index (κ1) is 22.4. The lowest BCUT2D eigenvalue weighted by Gasteiger charge is -2.12. The van der Waals surface area contributed by atoms with Crippen LogP contribution in [0.2, 0.25) is 0 Å². The fourth-order valence-corrected chi connectivity index (χ4v) is 2.64. The Balaban J connectivity index is 2.18. The Kier molecular flexibility index (Phi) is 8.19. The monoisotopic (exact) mass is 396 g/mol. The quantitative estimate of drug-likeness (QED) is 0.398. The third kappa shape index (κ3) is 6.89. The number of aliphatic imine (C=N–C) groups is 2. The number of nitrogens with one attached hydrogen (secondary N) is 1. The molecule has 1 aromatic carbocycles. The maximum Gasteiger partial charge on any atom is 0.255 e. The van der Waals surface area contributed by atoms with Crippen molar-refractivity contribution in [3.05, 3.63) is 52.2 Å². The van der Waals surface area contributed by atoms with Crippen LogP contribution in [0.4, 0.5) is 0 Å². The fraction of sp³-hybridized carbons (Fsp3) is 0.435. The molecule has 1 aliphatic carbocycles. The fourth-order valence-electron chi connectivity index (χ4n) is 2.64. The van der Waals surface area contributed by atoms with Gasteiger partial charge in [-0.1, -0.05) is 30.7 Å². The molecule has 1 saturated carbocycles. The average molecular weight is 397 g/mol. The Morgan fingerprint density at radius 1 is 1.34 bits per heavy atom. The molecule has 1 aromatic rings. The van der Waals surface area contributed by atoms with Crippen molar-refractivity contribution in [1.82, 2.24) is 5.32 Å². The lowest BCUT2D eigenvalue weighted by Crippen LogP contribution is -2.33. The number of hydrogen-bond acceptors (Lipinski definition) is 5. The number of aryl methyl sites for hydroxylation is 1. The predicted octanol–water partition coefficient (Wildman–Crippen LogP) is 3.76. The van der Waals surface area contributed by atoms with Crippen molar-refractivity contribution >= 4 is 23.7 Å². The first-order valence-electron chi connectivity index (χ1n) is 10.0. The van der Waals surface area contributed by atoms with Crippen LogP contribution in [0, 0.1) is 6.92 Å². The van der Waals surface area contributed by atoms with E-state index < -0.39 is 0 Å². The van der Waals surface area contributed by atoms with Crippen molar-refractivity contribution < 1.29 is 9.53 Å². The molecule has 1 amide bonds. The zero-order valence-electron chi connectivity index (χ0n) is 18.1. The maximum absolute atomic E-state index is 12.6. The Hall–Kier alpha value is -2.89. The van der Waals surface area contributed by atoms with Crippen LogP contribution in [0.3, 0.4) is 0 Å². The number of nitrogens with two attached hydrogens (primary N) is 1. The molecule has 3 N–H and O–H groups in total. The SMILES string of the molecule is CCC(C)=C(N=C(CNC(=O)/C(C=NC1CC1)=C(\C)N)OC)c1cccc(C)c1. The number of allylic oxidation sites excluding steroid dienone is 2. The zero-order valence-corrected chi connectivity index (χ0v) is 18.1. The summed E-state index contributed by atoms with van der Waals surface area (Å²) in [6, 6.07) is 8.51. The highest BCUT2D eigenvalue weighted by molar-refractivity contribution is 6.13. The second-order valence-corrected chi connectivity index (χ2v) is 7.35. The normalized spacial score (nSPS) is 16.4. The van der Waals surface area contributed by atoms with Crippen molar-refractivity contribution in [2.75, 3.05) is 13.7 Å². The highest BCUT2D eigenvalue weighted by atomic mass is 16.5. The average Bonchev–Trinajstić information content (AvgIpc) is 3.52. The van der Waals surface area contributed by atoms with Crippen LogP contribution in [0.25, 0.3) is 5.70 Å². The molecule has 0 unspecified atom stereocenters. The summed E-state index contributed by atoms with van der Waals surface area (Å²) in [6.45, 7) is 8.06. The molecule has 156 valence electrons. The van der Waals surface area contributed by atoms with E-state index in [1.807, 2.05) is 12.1 Å². The molecular weight excluding hydrogens is 364 g/mol. The summed E-state index contributed by atoms with van der Waals surface area (Å²) in [5, 5.41) is 2.84. The van der Waals surface area contributed by atoms with E-state index in [1.54, 1.807) is 20.2 Å². The molecule has 0 radical (unpaired) electrons. The van der Waals surface area contributed by atoms with Gasteiger partial charge in [0.05, 0.1) is 31.0 Å². The molecule has 6 nitrogen and oxygen atoms in total. The summed E-state index contributed by atoms with van der Waals surface area (Å²) in [7, 11) is 1.56. The molecule has 1 aliphatic rings. The summed E-state index contributed by atoms with van der Waals surface area (Å²) in [4.78, 5) is 21.6. The largest absolute Gasteiger partial charge is 0.483 e. The first-order chi connectivity index (χ1) is 13.8. The molecule has 0 bridgehead atoms. The van der Waals surface area contributed by atoms with E-state index in [1.165, 1.54) is 0 Å². The number of hydrogen-bond donors (Lipinski definition) is 2. The van der Waals surface area contributed by atoms with Gasteiger partial charge in [0.1, 0.15) is 0 Å².